The third-order valence-electron chi connectivity index (χ3n) is 5.63. The second-order valence-corrected chi connectivity index (χ2v) is 7.40. The number of rotatable bonds is 5. The highest BCUT2D eigenvalue weighted by Gasteiger charge is 2.30. The van der Waals surface area contributed by atoms with E-state index in [1.807, 2.05) is 23.1 Å². The molecule has 1 aliphatic heterocycles. The molecule has 2 fully saturated rings. The number of amides is 1. The molecule has 1 heterocycles. The lowest BCUT2D eigenvalue weighted by molar-refractivity contribution is -0.138. The molecule has 26 heavy (non-hydrogen) atoms. The van der Waals surface area contributed by atoms with Gasteiger partial charge in [-0.25, -0.2) is 0 Å². The van der Waals surface area contributed by atoms with Crippen molar-refractivity contribution in [2.24, 2.45) is 11.7 Å². The van der Waals surface area contributed by atoms with Crippen molar-refractivity contribution in [3.05, 3.63) is 23.8 Å². The Morgan fingerprint density at radius 3 is 2.58 bits per heavy atom. The number of hydrogen-bond acceptors (Lipinski definition) is 5. The molecule has 1 aliphatic carbocycles. The Morgan fingerprint density at radius 2 is 1.92 bits per heavy atom. The van der Waals surface area contributed by atoms with Crippen LogP contribution >= 0.6 is 0 Å². The highest BCUT2D eigenvalue weighted by Crippen LogP contribution is 2.27. The first-order chi connectivity index (χ1) is 12.6. The van der Waals surface area contributed by atoms with E-state index >= 15 is 0 Å². The zero-order valence-corrected chi connectivity index (χ0v) is 15.9. The van der Waals surface area contributed by atoms with E-state index in [0.717, 1.165) is 75.5 Å². The first kappa shape index (κ1) is 19.0. The van der Waals surface area contributed by atoms with E-state index in [-0.39, 0.29) is 12.0 Å². The Kier molecular flexibility index (Phi) is 6.38. The summed E-state index contributed by atoms with van der Waals surface area (Å²) >= 11 is 0. The first-order valence-corrected chi connectivity index (χ1v) is 9.58. The average molecular weight is 361 g/mol. The van der Waals surface area contributed by atoms with Gasteiger partial charge in [-0.2, -0.15) is 0 Å². The van der Waals surface area contributed by atoms with Crippen molar-refractivity contribution in [1.82, 2.24) is 9.80 Å². The molecule has 0 radical (unpaired) electrons. The average Bonchev–Trinajstić information content (AvgIpc) is 2.68. The van der Waals surface area contributed by atoms with Crippen LogP contribution in [0.5, 0.6) is 11.5 Å². The lowest BCUT2D eigenvalue weighted by atomic mass is 9.85. The summed E-state index contributed by atoms with van der Waals surface area (Å²) in [6.45, 7) is 4.14. The SMILES string of the molecule is COc1ccc(OC)c(CN2CCN(C(=O)C3CCCC(N)C3)CC2)c1. The van der Waals surface area contributed by atoms with Gasteiger partial charge in [0, 0.05) is 50.2 Å². The third kappa shape index (κ3) is 4.48. The van der Waals surface area contributed by atoms with Crippen molar-refractivity contribution >= 4 is 5.91 Å². The van der Waals surface area contributed by atoms with Crippen molar-refractivity contribution in [2.75, 3.05) is 40.4 Å². The van der Waals surface area contributed by atoms with E-state index in [0.29, 0.717) is 5.91 Å². The van der Waals surface area contributed by atoms with Gasteiger partial charge in [-0.3, -0.25) is 9.69 Å². The summed E-state index contributed by atoms with van der Waals surface area (Å²) in [5, 5.41) is 0. The third-order valence-corrected chi connectivity index (χ3v) is 5.63. The second kappa shape index (κ2) is 8.73. The highest BCUT2D eigenvalue weighted by atomic mass is 16.5. The zero-order valence-electron chi connectivity index (χ0n) is 15.9. The molecule has 2 N–H and O–H groups in total. The monoisotopic (exact) mass is 361 g/mol. The number of ether oxygens (including phenoxy) is 2. The summed E-state index contributed by atoms with van der Waals surface area (Å²) in [5.41, 5.74) is 7.17. The van der Waals surface area contributed by atoms with Crippen molar-refractivity contribution < 1.29 is 14.3 Å². The summed E-state index contributed by atoms with van der Waals surface area (Å²) in [6, 6.07) is 6.08. The minimum absolute atomic E-state index is 0.128. The minimum Gasteiger partial charge on any atom is -0.497 e. The highest BCUT2D eigenvalue weighted by molar-refractivity contribution is 5.79. The number of carbonyl (C=O) groups excluding carboxylic acids is 1. The summed E-state index contributed by atoms with van der Waals surface area (Å²) in [4.78, 5) is 17.2. The largest absolute Gasteiger partial charge is 0.497 e. The lowest BCUT2D eigenvalue weighted by Gasteiger charge is -2.38. The lowest BCUT2D eigenvalue weighted by Crippen LogP contribution is -2.51. The van der Waals surface area contributed by atoms with Gasteiger partial charge >= 0.3 is 0 Å². The summed E-state index contributed by atoms with van der Waals surface area (Å²) in [6.07, 6.45) is 3.97. The van der Waals surface area contributed by atoms with Crippen molar-refractivity contribution in [1.29, 1.82) is 0 Å². The molecule has 1 aromatic rings. The maximum absolute atomic E-state index is 12.8. The van der Waals surface area contributed by atoms with E-state index in [9.17, 15) is 4.79 Å². The van der Waals surface area contributed by atoms with Crippen LogP contribution in [0.15, 0.2) is 18.2 Å². The molecule has 2 aliphatic rings. The Hall–Kier alpha value is -1.79. The van der Waals surface area contributed by atoms with Crippen LogP contribution in [0.1, 0.15) is 31.2 Å². The molecule has 2 atom stereocenters. The van der Waals surface area contributed by atoms with Gasteiger partial charge in [0.25, 0.3) is 0 Å². The van der Waals surface area contributed by atoms with Gasteiger partial charge in [-0.1, -0.05) is 6.42 Å². The van der Waals surface area contributed by atoms with Crippen LogP contribution in [0, 0.1) is 5.92 Å². The summed E-state index contributed by atoms with van der Waals surface area (Å²) in [5.74, 6) is 2.14. The van der Waals surface area contributed by atoms with Crippen LogP contribution in [-0.2, 0) is 11.3 Å². The quantitative estimate of drug-likeness (QED) is 0.867. The number of hydrogen-bond donors (Lipinski definition) is 1. The Labute approximate surface area is 156 Å². The number of nitrogens with zero attached hydrogens (tertiary/aromatic N) is 2. The fraction of sp³-hybridized carbons (Fsp3) is 0.650. The molecule has 6 nitrogen and oxygen atoms in total. The van der Waals surface area contributed by atoms with Crippen LogP contribution in [-0.4, -0.2) is 62.1 Å². The van der Waals surface area contributed by atoms with Gasteiger partial charge in [-0.15, -0.1) is 0 Å². The zero-order chi connectivity index (χ0) is 18.5. The first-order valence-electron chi connectivity index (χ1n) is 9.58. The molecule has 1 saturated carbocycles. The minimum atomic E-state index is 0.128. The number of piperazine rings is 1. The van der Waals surface area contributed by atoms with Gasteiger partial charge < -0.3 is 20.1 Å². The van der Waals surface area contributed by atoms with E-state index < -0.39 is 0 Å². The van der Waals surface area contributed by atoms with Crippen LogP contribution in [0.3, 0.4) is 0 Å². The molecule has 2 unspecified atom stereocenters. The van der Waals surface area contributed by atoms with E-state index in [2.05, 4.69) is 4.90 Å². The van der Waals surface area contributed by atoms with Gasteiger partial charge in [0.2, 0.25) is 5.91 Å². The molecule has 0 aromatic heterocycles. The van der Waals surface area contributed by atoms with Crippen LogP contribution < -0.4 is 15.2 Å². The molecule has 0 spiro atoms. The van der Waals surface area contributed by atoms with Crippen molar-refractivity contribution in [2.45, 2.75) is 38.3 Å². The molecular formula is C20H31N3O3. The van der Waals surface area contributed by atoms with Crippen molar-refractivity contribution in [3.8, 4) is 11.5 Å². The molecule has 1 aromatic carbocycles. The normalized spacial score (nSPS) is 24.3. The summed E-state index contributed by atoms with van der Waals surface area (Å²) in [7, 11) is 3.37. The molecule has 144 valence electrons. The topological polar surface area (TPSA) is 68.0 Å². The van der Waals surface area contributed by atoms with Crippen LogP contribution in [0.2, 0.25) is 0 Å². The van der Waals surface area contributed by atoms with Crippen molar-refractivity contribution in [3.63, 3.8) is 0 Å². The molecular weight excluding hydrogens is 330 g/mol. The molecule has 1 amide bonds. The predicted molar refractivity (Wildman–Crippen MR) is 101 cm³/mol. The number of carbonyl (C=O) groups is 1. The molecule has 3 rings (SSSR count). The second-order valence-electron chi connectivity index (χ2n) is 7.40. The predicted octanol–water partition coefficient (Wildman–Crippen LogP) is 1.87. The van der Waals surface area contributed by atoms with Gasteiger partial charge in [-0.05, 0) is 37.5 Å². The van der Waals surface area contributed by atoms with Crippen LogP contribution in [0.4, 0.5) is 0 Å². The fourth-order valence-electron chi connectivity index (χ4n) is 4.08. The van der Waals surface area contributed by atoms with Gasteiger partial charge in [0.1, 0.15) is 11.5 Å². The molecule has 1 saturated heterocycles. The molecule has 0 bridgehead atoms. The van der Waals surface area contributed by atoms with Crippen LogP contribution in [0.25, 0.3) is 0 Å². The number of methoxy groups -OCH3 is 2. The Bertz CT molecular complexity index is 614. The van der Waals surface area contributed by atoms with Gasteiger partial charge in [0.05, 0.1) is 14.2 Å². The van der Waals surface area contributed by atoms with E-state index in [4.69, 9.17) is 15.2 Å². The van der Waals surface area contributed by atoms with Gasteiger partial charge in [0.15, 0.2) is 0 Å². The maximum Gasteiger partial charge on any atom is 0.225 e. The molecule has 6 heteroatoms. The Balaban J connectivity index is 1.55. The number of nitrogens with two attached hydrogens (primary N) is 1. The number of benzene rings is 1. The van der Waals surface area contributed by atoms with E-state index in [1.165, 1.54) is 0 Å². The smallest absolute Gasteiger partial charge is 0.225 e. The Morgan fingerprint density at radius 1 is 1.15 bits per heavy atom. The maximum atomic E-state index is 12.8. The standard InChI is InChI=1S/C20H31N3O3/c1-25-18-6-7-19(26-2)16(13-18)14-22-8-10-23(11-9-22)20(24)15-4-3-5-17(21)12-15/h6-7,13,15,17H,3-5,8-12,14,21H2,1-2H3. The van der Waals surface area contributed by atoms with E-state index in [1.54, 1.807) is 14.2 Å². The fourth-order valence-corrected chi connectivity index (χ4v) is 4.08. The summed E-state index contributed by atoms with van der Waals surface area (Å²) < 4.78 is 10.8.